The van der Waals surface area contributed by atoms with Crippen molar-refractivity contribution < 1.29 is 4.79 Å². The van der Waals surface area contributed by atoms with Gasteiger partial charge in [-0.1, -0.05) is 6.07 Å². The Kier molecular flexibility index (Phi) is 4.83. The first-order valence-electron chi connectivity index (χ1n) is 8.34. The molecule has 0 atom stereocenters. The molecule has 0 aliphatic carbocycles. The fourth-order valence-corrected chi connectivity index (χ4v) is 4.35. The number of hydrogen-bond acceptors (Lipinski definition) is 6. The van der Waals surface area contributed by atoms with Crippen molar-refractivity contribution in [2.24, 2.45) is 7.05 Å². The van der Waals surface area contributed by atoms with Crippen LogP contribution in [0.1, 0.15) is 21.1 Å². The highest BCUT2D eigenvalue weighted by Gasteiger charge is 2.16. The van der Waals surface area contributed by atoms with E-state index in [1.54, 1.807) is 46.8 Å². The van der Waals surface area contributed by atoms with Crippen LogP contribution in [0.3, 0.4) is 0 Å². The largest absolute Gasteiger partial charge is 0.346 e. The van der Waals surface area contributed by atoms with Crippen LogP contribution < -0.4 is 5.32 Å². The second kappa shape index (κ2) is 7.42. The lowest BCUT2D eigenvalue weighted by atomic mass is 10.3. The van der Waals surface area contributed by atoms with Gasteiger partial charge >= 0.3 is 0 Å². The number of nitrogens with one attached hydrogen (secondary N) is 1. The highest BCUT2D eigenvalue weighted by molar-refractivity contribution is 7.15. The monoisotopic (exact) mass is 395 g/mol. The number of aromatic nitrogens is 4. The van der Waals surface area contributed by atoms with E-state index >= 15 is 0 Å². The van der Waals surface area contributed by atoms with E-state index in [2.05, 4.69) is 20.4 Å². The number of hydrogen-bond donors (Lipinski definition) is 1. The molecule has 0 aliphatic heterocycles. The van der Waals surface area contributed by atoms with E-state index in [0.29, 0.717) is 12.2 Å². The molecule has 0 fully saturated rings. The average molecular weight is 396 g/mol. The van der Waals surface area contributed by atoms with Gasteiger partial charge in [0.05, 0.1) is 17.1 Å². The molecule has 136 valence electrons. The first kappa shape index (κ1) is 17.6. The van der Waals surface area contributed by atoms with E-state index in [9.17, 15) is 4.79 Å². The number of amides is 1. The second-order valence-electron chi connectivity index (χ2n) is 5.97. The van der Waals surface area contributed by atoms with Crippen molar-refractivity contribution in [3.8, 4) is 21.1 Å². The number of rotatable bonds is 5. The minimum absolute atomic E-state index is 0.150. The number of nitrogens with zero attached hydrogens (tertiary/aromatic N) is 4. The zero-order chi connectivity index (χ0) is 18.8. The Morgan fingerprint density at radius 2 is 2.19 bits per heavy atom. The van der Waals surface area contributed by atoms with Crippen LogP contribution in [-0.4, -0.2) is 25.7 Å². The molecular formula is C19H17N5OS2. The van der Waals surface area contributed by atoms with Crippen LogP contribution in [0.25, 0.3) is 21.1 Å². The molecule has 0 spiro atoms. The van der Waals surface area contributed by atoms with Crippen molar-refractivity contribution in [1.82, 2.24) is 25.1 Å². The third-order valence-electron chi connectivity index (χ3n) is 4.10. The van der Waals surface area contributed by atoms with Gasteiger partial charge in [-0.25, -0.2) is 4.98 Å². The maximum absolute atomic E-state index is 12.6. The molecule has 8 heteroatoms. The molecule has 4 rings (SSSR count). The Morgan fingerprint density at radius 3 is 2.93 bits per heavy atom. The van der Waals surface area contributed by atoms with Crippen LogP contribution in [0.2, 0.25) is 0 Å². The number of thiophene rings is 1. The molecule has 0 saturated carbocycles. The van der Waals surface area contributed by atoms with Gasteiger partial charge in [0.1, 0.15) is 16.4 Å². The van der Waals surface area contributed by atoms with Crippen molar-refractivity contribution >= 4 is 28.6 Å². The molecule has 4 heterocycles. The number of thiazole rings is 1. The predicted octanol–water partition coefficient (Wildman–Crippen LogP) is 3.91. The van der Waals surface area contributed by atoms with Crippen LogP contribution >= 0.6 is 22.7 Å². The zero-order valence-electron chi connectivity index (χ0n) is 14.8. The molecule has 27 heavy (non-hydrogen) atoms. The number of aryl methyl sites for hydroxylation is 2. The van der Waals surface area contributed by atoms with Crippen LogP contribution in [-0.2, 0) is 13.6 Å². The lowest BCUT2D eigenvalue weighted by Gasteiger charge is -2.04. The molecule has 0 radical (unpaired) electrons. The van der Waals surface area contributed by atoms with Gasteiger partial charge in [0, 0.05) is 29.9 Å². The van der Waals surface area contributed by atoms with Crippen molar-refractivity contribution in [3.63, 3.8) is 0 Å². The first-order chi connectivity index (χ1) is 13.1. The quantitative estimate of drug-likeness (QED) is 0.556. The summed E-state index contributed by atoms with van der Waals surface area (Å²) in [6, 6.07) is 9.66. The van der Waals surface area contributed by atoms with E-state index in [1.165, 1.54) is 0 Å². The average Bonchev–Trinajstić information content (AvgIpc) is 3.40. The van der Waals surface area contributed by atoms with Crippen molar-refractivity contribution in [2.45, 2.75) is 13.5 Å². The summed E-state index contributed by atoms with van der Waals surface area (Å²) < 4.78 is 1.62. The second-order valence-corrected chi connectivity index (χ2v) is 8.00. The molecule has 4 aromatic heterocycles. The van der Waals surface area contributed by atoms with E-state index in [0.717, 1.165) is 31.7 Å². The summed E-state index contributed by atoms with van der Waals surface area (Å²) in [4.78, 5) is 23.4. The van der Waals surface area contributed by atoms with Gasteiger partial charge in [-0.15, -0.1) is 22.7 Å². The predicted molar refractivity (Wildman–Crippen MR) is 108 cm³/mol. The third-order valence-corrected chi connectivity index (χ3v) is 6.20. The van der Waals surface area contributed by atoms with Gasteiger partial charge in [-0.2, -0.15) is 5.10 Å². The lowest BCUT2D eigenvalue weighted by Crippen LogP contribution is -2.25. The van der Waals surface area contributed by atoms with Gasteiger partial charge in [0.25, 0.3) is 5.91 Å². The van der Waals surface area contributed by atoms with Crippen LogP contribution in [0, 0.1) is 6.92 Å². The minimum Gasteiger partial charge on any atom is -0.346 e. The summed E-state index contributed by atoms with van der Waals surface area (Å²) in [5.41, 5.74) is 3.25. The van der Waals surface area contributed by atoms with Gasteiger partial charge < -0.3 is 5.32 Å². The van der Waals surface area contributed by atoms with Crippen molar-refractivity contribution in [3.05, 3.63) is 64.4 Å². The van der Waals surface area contributed by atoms with Gasteiger partial charge in [-0.05, 0) is 36.6 Å². The van der Waals surface area contributed by atoms with Crippen molar-refractivity contribution in [1.29, 1.82) is 0 Å². The van der Waals surface area contributed by atoms with E-state index < -0.39 is 0 Å². The summed E-state index contributed by atoms with van der Waals surface area (Å²) in [5, 5.41) is 10.3. The summed E-state index contributed by atoms with van der Waals surface area (Å²) in [6.45, 7) is 2.39. The molecule has 0 aromatic carbocycles. The van der Waals surface area contributed by atoms with Gasteiger partial charge in [0.2, 0.25) is 0 Å². The lowest BCUT2D eigenvalue weighted by molar-refractivity contribution is 0.0942. The molecule has 6 nitrogen and oxygen atoms in total. The molecule has 1 amide bonds. The minimum atomic E-state index is -0.150. The fourth-order valence-electron chi connectivity index (χ4n) is 2.68. The molecular weight excluding hydrogens is 378 g/mol. The fraction of sp³-hybridized carbons (Fsp3) is 0.158. The zero-order valence-corrected chi connectivity index (χ0v) is 16.5. The summed E-state index contributed by atoms with van der Waals surface area (Å²) >= 11 is 3.17. The summed E-state index contributed by atoms with van der Waals surface area (Å²) in [7, 11) is 1.78. The van der Waals surface area contributed by atoms with Crippen LogP contribution in [0.5, 0.6) is 0 Å². The molecule has 0 unspecified atom stereocenters. The van der Waals surface area contributed by atoms with E-state index in [1.807, 2.05) is 42.6 Å². The van der Waals surface area contributed by atoms with E-state index in [-0.39, 0.29) is 5.91 Å². The Hall–Kier alpha value is -2.84. The molecule has 1 N–H and O–H groups in total. The SMILES string of the molecule is Cc1nc(-c2cccnc2)sc1CNC(=O)c1cc(-c2cccs2)nn1C. The molecule has 0 aliphatic rings. The maximum Gasteiger partial charge on any atom is 0.269 e. The highest BCUT2D eigenvalue weighted by Crippen LogP contribution is 2.27. The van der Waals surface area contributed by atoms with Crippen molar-refractivity contribution in [2.75, 3.05) is 0 Å². The Labute approximate surface area is 164 Å². The molecule has 0 saturated heterocycles. The molecule has 4 aromatic rings. The van der Waals surface area contributed by atoms with Gasteiger partial charge in [0.15, 0.2) is 0 Å². The highest BCUT2D eigenvalue weighted by atomic mass is 32.1. The Balaban J connectivity index is 1.48. The van der Waals surface area contributed by atoms with E-state index in [4.69, 9.17) is 0 Å². The Morgan fingerprint density at radius 1 is 1.30 bits per heavy atom. The van der Waals surface area contributed by atoms with Crippen LogP contribution in [0.4, 0.5) is 0 Å². The maximum atomic E-state index is 12.6. The normalized spacial score (nSPS) is 10.9. The summed E-state index contributed by atoms with van der Waals surface area (Å²) in [5.74, 6) is -0.150. The smallest absolute Gasteiger partial charge is 0.269 e. The molecule has 0 bridgehead atoms. The third kappa shape index (κ3) is 3.67. The number of carbonyl (C=O) groups excluding carboxylic acids is 1. The Bertz CT molecular complexity index is 1070. The number of carbonyl (C=O) groups is 1. The number of pyridine rings is 1. The summed E-state index contributed by atoms with van der Waals surface area (Å²) in [6.07, 6.45) is 3.53. The topological polar surface area (TPSA) is 72.7 Å². The van der Waals surface area contributed by atoms with Gasteiger partial charge in [-0.3, -0.25) is 14.5 Å². The standard InChI is InChI=1S/C19H17N5OS2/c1-12-17(27-19(22-12)13-5-3-7-20-10-13)11-21-18(25)15-9-14(23-24(15)2)16-6-4-8-26-16/h3-10H,11H2,1-2H3,(H,21,25). The van der Waals surface area contributed by atoms with Crippen LogP contribution in [0.15, 0.2) is 48.1 Å². The first-order valence-corrected chi connectivity index (χ1v) is 10.0.